The molecule has 0 aromatic heterocycles. The molecule has 6 nitrogen and oxygen atoms in total. The van der Waals surface area contributed by atoms with Gasteiger partial charge in [-0.2, -0.15) is 0 Å². The molecule has 0 aromatic carbocycles. The zero-order chi connectivity index (χ0) is 14.4. The molecule has 0 amide bonds. The normalized spacial score (nSPS) is 18.3. The molecule has 2 atom stereocenters. The minimum atomic E-state index is -4.79. The van der Waals surface area contributed by atoms with Gasteiger partial charge in [0.25, 0.3) is 7.82 Å². The fourth-order valence-electron chi connectivity index (χ4n) is 1.55. The van der Waals surface area contributed by atoms with Crippen LogP contribution in [0, 0.1) is 0 Å². The zero-order valence-electron chi connectivity index (χ0n) is 12.8. The van der Waals surface area contributed by atoms with Crippen molar-refractivity contribution < 1.29 is 58.0 Å². The fourth-order valence-corrected chi connectivity index (χ4v) is 1.96. The summed E-state index contributed by atoms with van der Waals surface area (Å²) < 4.78 is 15.1. The van der Waals surface area contributed by atoms with E-state index < -0.39 is 20.2 Å². The number of quaternary nitrogens is 1. The van der Waals surface area contributed by atoms with Gasteiger partial charge in [-0.25, -0.2) is 0 Å². The number of hydrogen-bond donors (Lipinski definition) is 2. The maximum Gasteiger partial charge on any atom is 1.00 e. The third-order valence-electron chi connectivity index (χ3n) is 3.38. The summed E-state index contributed by atoms with van der Waals surface area (Å²) in [5, 5.41) is 10.2. The van der Waals surface area contributed by atoms with E-state index in [1.165, 1.54) is 6.92 Å². The van der Waals surface area contributed by atoms with Gasteiger partial charge in [0.2, 0.25) is 5.72 Å². The Kier molecular flexibility index (Phi) is 10.7. The quantitative estimate of drug-likeness (QED) is 0.166. The summed E-state index contributed by atoms with van der Waals surface area (Å²) in [7, 11) is -1.17. The first-order valence-electron chi connectivity index (χ1n) is 6.25. The van der Waals surface area contributed by atoms with Gasteiger partial charge < -0.3 is 19.4 Å². The van der Waals surface area contributed by atoms with Crippen LogP contribution in [-0.2, 0) is 9.09 Å². The Morgan fingerprint density at radius 3 is 2.26 bits per heavy atom. The van der Waals surface area contributed by atoms with Crippen LogP contribution in [0.3, 0.4) is 0 Å². The number of likely N-dealkylation sites (N-methyl/N-ethyl adjacent to an activating group) is 1. The van der Waals surface area contributed by atoms with Crippen molar-refractivity contribution in [3.8, 4) is 0 Å². The van der Waals surface area contributed by atoms with Gasteiger partial charge >= 0.3 is 29.6 Å². The molecule has 0 saturated carbocycles. The van der Waals surface area contributed by atoms with Gasteiger partial charge in [-0.3, -0.25) is 9.05 Å². The van der Waals surface area contributed by atoms with E-state index in [0.29, 0.717) is 6.54 Å². The predicted molar refractivity (Wildman–Crippen MR) is 67.5 cm³/mol. The molecule has 0 rings (SSSR count). The van der Waals surface area contributed by atoms with Crippen LogP contribution in [-0.4, -0.2) is 47.5 Å². The molecule has 0 spiro atoms. The molecular formula is C11H26NNaO5P+. The van der Waals surface area contributed by atoms with Crippen LogP contribution < -0.4 is 34.5 Å². The number of hydrogen-bond acceptors (Lipinski definition) is 4. The Morgan fingerprint density at radius 2 is 1.84 bits per heavy atom. The van der Waals surface area contributed by atoms with Crippen molar-refractivity contribution >= 4 is 7.82 Å². The molecule has 0 aliphatic rings. The molecule has 2 unspecified atom stereocenters. The van der Waals surface area contributed by atoms with Crippen molar-refractivity contribution in [3.05, 3.63) is 0 Å². The molecule has 110 valence electrons. The summed E-state index contributed by atoms with van der Waals surface area (Å²) in [6.07, 6.45) is 4.31. The molecule has 8 heteroatoms. The van der Waals surface area contributed by atoms with Gasteiger partial charge in [-0.05, 0) is 12.8 Å². The third-order valence-corrected chi connectivity index (χ3v) is 3.83. The van der Waals surface area contributed by atoms with Gasteiger partial charge in [0.1, 0.15) is 6.61 Å². The van der Waals surface area contributed by atoms with Crippen LogP contribution in [0.25, 0.3) is 0 Å². The molecule has 0 saturated heterocycles. The first kappa shape index (κ1) is 22.3. The number of phosphoric acid groups is 1. The van der Waals surface area contributed by atoms with E-state index in [9.17, 15) is 14.6 Å². The Morgan fingerprint density at radius 1 is 1.32 bits per heavy atom. The summed E-state index contributed by atoms with van der Waals surface area (Å²) in [6, 6.07) is 0. The summed E-state index contributed by atoms with van der Waals surface area (Å²) >= 11 is 0. The van der Waals surface area contributed by atoms with Crippen molar-refractivity contribution in [2.24, 2.45) is 0 Å². The first-order valence-corrected chi connectivity index (χ1v) is 7.75. The van der Waals surface area contributed by atoms with Crippen molar-refractivity contribution in [1.29, 1.82) is 0 Å². The van der Waals surface area contributed by atoms with E-state index in [1.54, 1.807) is 0 Å². The van der Waals surface area contributed by atoms with E-state index in [4.69, 9.17) is 4.89 Å². The largest absolute Gasteiger partial charge is 1.00 e. The number of aliphatic hydroxyl groups is 1. The second kappa shape index (κ2) is 9.13. The molecule has 2 N–H and O–H groups in total. The predicted octanol–water partition coefficient (Wildman–Crippen LogP) is -2.17. The van der Waals surface area contributed by atoms with Gasteiger partial charge in [0.15, 0.2) is 0 Å². The average molecular weight is 306 g/mol. The van der Waals surface area contributed by atoms with Gasteiger partial charge in [0, 0.05) is 6.92 Å². The number of phosphoric ester groups is 1. The smallest absolute Gasteiger partial charge is 0.756 e. The Hall–Kier alpha value is 1.03. The van der Waals surface area contributed by atoms with E-state index >= 15 is 0 Å². The van der Waals surface area contributed by atoms with Crippen LogP contribution >= 0.6 is 7.82 Å². The number of rotatable bonds is 9. The summed E-state index contributed by atoms with van der Waals surface area (Å²) in [6.45, 7) is 3.88. The minimum Gasteiger partial charge on any atom is -0.756 e. The third kappa shape index (κ3) is 9.56. The Bertz CT molecular complexity index is 293. The Labute approximate surface area is 138 Å². The van der Waals surface area contributed by atoms with E-state index in [1.807, 2.05) is 14.1 Å². The number of nitrogens with zero attached hydrogens (tertiary/aromatic N) is 1. The molecule has 0 fully saturated rings. The second-order valence-corrected chi connectivity index (χ2v) is 6.62. The van der Waals surface area contributed by atoms with Crippen LogP contribution in [0.4, 0.5) is 0 Å². The standard InChI is InChI=1S/C11H26NO5P.Na/c1-5-6-7-8-9-12(3,4)11(2,13)10-17-18(14,15)16;/h13H,5-10H2,1-4H3,(H-,14,15,16);/q;+1. The molecule has 0 radical (unpaired) electrons. The SMILES string of the molecule is CCCCCC[N+](C)(C)C(C)(O)COP(=O)([O-])O.[Na+]. The van der Waals surface area contributed by atoms with Gasteiger partial charge in [-0.15, -0.1) is 0 Å². The molecule has 0 heterocycles. The van der Waals surface area contributed by atoms with Crippen LogP contribution in [0.2, 0.25) is 0 Å². The van der Waals surface area contributed by atoms with E-state index in [-0.39, 0.29) is 34.0 Å². The van der Waals surface area contributed by atoms with E-state index in [0.717, 1.165) is 25.7 Å². The summed E-state index contributed by atoms with van der Waals surface area (Å²) in [5.41, 5.74) is -1.37. The fraction of sp³-hybridized carbons (Fsp3) is 1.00. The molecule has 0 aliphatic carbocycles. The Balaban J connectivity index is 0. The first-order chi connectivity index (χ1) is 8.02. The maximum atomic E-state index is 10.5. The summed E-state index contributed by atoms with van der Waals surface area (Å²) in [4.78, 5) is 19.1. The maximum absolute atomic E-state index is 10.5. The van der Waals surface area contributed by atoms with Crippen molar-refractivity contribution in [1.82, 2.24) is 0 Å². The van der Waals surface area contributed by atoms with Crippen LogP contribution in [0.15, 0.2) is 0 Å². The summed E-state index contributed by atoms with van der Waals surface area (Å²) in [5.74, 6) is 0. The molecular weight excluding hydrogens is 280 g/mol. The van der Waals surface area contributed by atoms with Gasteiger partial charge in [0.05, 0.1) is 20.6 Å². The van der Waals surface area contributed by atoms with E-state index in [2.05, 4.69) is 11.4 Å². The van der Waals surface area contributed by atoms with Crippen molar-refractivity contribution in [3.63, 3.8) is 0 Å². The topological polar surface area (TPSA) is 89.8 Å². The molecule has 0 aromatic rings. The molecule has 0 bridgehead atoms. The van der Waals surface area contributed by atoms with Crippen LogP contribution in [0.1, 0.15) is 39.5 Å². The van der Waals surface area contributed by atoms with Crippen molar-refractivity contribution in [2.45, 2.75) is 45.3 Å². The number of unbranched alkanes of at least 4 members (excludes halogenated alkanes) is 3. The van der Waals surface area contributed by atoms with Gasteiger partial charge in [-0.1, -0.05) is 19.8 Å². The van der Waals surface area contributed by atoms with Crippen molar-refractivity contribution in [2.75, 3.05) is 27.2 Å². The molecule has 0 aliphatic heterocycles. The van der Waals surface area contributed by atoms with Crippen LogP contribution in [0.5, 0.6) is 0 Å². The minimum absolute atomic E-state index is 0. The average Bonchev–Trinajstić information content (AvgIpc) is 2.21. The monoisotopic (exact) mass is 306 g/mol. The zero-order valence-corrected chi connectivity index (χ0v) is 15.7. The molecule has 19 heavy (non-hydrogen) atoms. The second-order valence-electron chi connectivity index (χ2n) is 5.43.